The molecule has 0 saturated carbocycles. The summed E-state index contributed by atoms with van der Waals surface area (Å²) in [5.74, 6) is 0. The summed E-state index contributed by atoms with van der Waals surface area (Å²) in [5.41, 5.74) is 8.44. The highest BCUT2D eigenvalue weighted by molar-refractivity contribution is 5.85. The maximum atomic E-state index is 12.0. The van der Waals surface area contributed by atoms with Crippen molar-refractivity contribution < 1.29 is 13.2 Å². The summed E-state index contributed by atoms with van der Waals surface area (Å²) in [5, 5.41) is 0. The molecule has 3 nitrogen and oxygen atoms in total. The van der Waals surface area contributed by atoms with Crippen molar-refractivity contribution in [2.75, 3.05) is 11.5 Å². The summed E-state index contributed by atoms with van der Waals surface area (Å²) in [6.45, 7) is 0. The van der Waals surface area contributed by atoms with Gasteiger partial charge in [-0.2, -0.15) is 13.2 Å². The van der Waals surface area contributed by atoms with Gasteiger partial charge in [-0.05, 0) is 6.07 Å². The van der Waals surface area contributed by atoms with Gasteiger partial charge in [-0.1, -0.05) is 0 Å². The molecule has 74 valence electrons. The van der Waals surface area contributed by atoms with Crippen molar-refractivity contribution in [2.24, 2.45) is 0 Å². The SMILES string of the molecule is Cl.Nc1ccnc(C(F)(F)F)c1N. The van der Waals surface area contributed by atoms with Crippen LogP contribution in [0, 0.1) is 0 Å². The summed E-state index contributed by atoms with van der Waals surface area (Å²) >= 11 is 0. The molecule has 0 amide bonds. The van der Waals surface area contributed by atoms with Gasteiger partial charge in [0, 0.05) is 6.20 Å². The molecule has 0 radical (unpaired) electrons. The van der Waals surface area contributed by atoms with Crippen molar-refractivity contribution in [3.63, 3.8) is 0 Å². The molecule has 0 saturated heterocycles. The fourth-order valence-electron chi connectivity index (χ4n) is 0.714. The summed E-state index contributed by atoms with van der Waals surface area (Å²) in [6, 6.07) is 1.21. The van der Waals surface area contributed by atoms with Crippen LogP contribution in [-0.2, 0) is 6.18 Å². The molecule has 1 rings (SSSR count). The molecular formula is C6H7ClF3N3. The smallest absolute Gasteiger partial charge is 0.397 e. The van der Waals surface area contributed by atoms with Gasteiger partial charge >= 0.3 is 6.18 Å². The van der Waals surface area contributed by atoms with Gasteiger partial charge in [0.15, 0.2) is 5.69 Å². The molecule has 0 bridgehead atoms. The minimum absolute atomic E-state index is 0. The lowest BCUT2D eigenvalue weighted by molar-refractivity contribution is -0.140. The van der Waals surface area contributed by atoms with Crippen LogP contribution in [0.25, 0.3) is 0 Å². The Balaban J connectivity index is 0.00000144. The van der Waals surface area contributed by atoms with Crippen LogP contribution in [0.1, 0.15) is 5.69 Å². The Morgan fingerprint density at radius 2 is 1.77 bits per heavy atom. The molecule has 0 atom stereocenters. The molecule has 0 aliphatic carbocycles. The molecule has 1 aromatic heterocycles. The molecule has 4 N–H and O–H groups in total. The number of nitrogen functional groups attached to an aromatic ring is 2. The first-order valence-electron chi connectivity index (χ1n) is 3.00. The van der Waals surface area contributed by atoms with Gasteiger partial charge in [0.1, 0.15) is 0 Å². The van der Waals surface area contributed by atoms with Crippen molar-refractivity contribution in [2.45, 2.75) is 6.18 Å². The monoisotopic (exact) mass is 213 g/mol. The Kier molecular flexibility index (Phi) is 3.36. The first kappa shape index (κ1) is 11.8. The number of hydrogen-bond donors (Lipinski definition) is 2. The molecule has 0 spiro atoms. The molecule has 1 aromatic rings. The van der Waals surface area contributed by atoms with E-state index >= 15 is 0 Å². The lowest BCUT2D eigenvalue weighted by Crippen LogP contribution is -2.12. The van der Waals surface area contributed by atoms with E-state index in [1.54, 1.807) is 0 Å². The molecule has 13 heavy (non-hydrogen) atoms. The average molecular weight is 214 g/mol. The van der Waals surface area contributed by atoms with Crippen LogP contribution in [-0.4, -0.2) is 4.98 Å². The van der Waals surface area contributed by atoms with E-state index in [9.17, 15) is 13.2 Å². The normalized spacial score (nSPS) is 10.7. The summed E-state index contributed by atoms with van der Waals surface area (Å²) < 4.78 is 36.1. The van der Waals surface area contributed by atoms with Gasteiger partial charge in [-0.25, -0.2) is 4.98 Å². The highest BCUT2D eigenvalue weighted by atomic mass is 35.5. The van der Waals surface area contributed by atoms with E-state index in [-0.39, 0.29) is 18.1 Å². The third kappa shape index (κ3) is 2.38. The quantitative estimate of drug-likeness (QED) is 0.689. The number of anilines is 2. The minimum Gasteiger partial charge on any atom is -0.397 e. The lowest BCUT2D eigenvalue weighted by atomic mass is 10.2. The van der Waals surface area contributed by atoms with Gasteiger partial charge in [-0.3, -0.25) is 0 Å². The predicted molar refractivity (Wildman–Crippen MR) is 45.3 cm³/mol. The predicted octanol–water partition coefficient (Wildman–Crippen LogP) is 1.69. The molecular weight excluding hydrogens is 207 g/mol. The van der Waals surface area contributed by atoms with Crippen molar-refractivity contribution >= 4 is 23.8 Å². The summed E-state index contributed by atoms with van der Waals surface area (Å²) in [7, 11) is 0. The van der Waals surface area contributed by atoms with E-state index in [0.29, 0.717) is 0 Å². The molecule has 7 heteroatoms. The third-order valence-electron chi connectivity index (χ3n) is 1.29. The number of nitrogens with zero attached hydrogens (tertiary/aromatic N) is 1. The molecule has 0 unspecified atom stereocenters. The van der Waals surface area contributed by atoms with Crippen LogP contribution in [0.5, 0.6) is 0 Å². The maximum Gasteiger partial charge on any atom is 0.435 e. The second-order valence-corrected chi connectivity index (χ2v) is 2.16. The number of alkyl halides is 3. The Bertz CT molecular complexity index is 300. The van der Waals surface area contributed by atoms with Gasteiger partial charge < -0.3 is 11.5 Å². The first-order valence-corrected chi connectivity index (χ1v) is 3.00. The highest BCUT2D eigenvalue weighted by Gasteiger charge is 2.35. The van der Waals surface area contributed by atoms with Crippen LogP contribution in [0.4, 0.5) is 24.5 Å². The fraction of sp³-hybridized carbons (Fsp3) is 0.167. The number of rotatable bonds is 0. The highest BCUT2D eigenvalue weighted by Crippen LogP contribution is 2.33. The second-order valence-electron chi connectivity index (χ2n) is 2.16. The fourth-order valence-corrected chi connectivity index (χ4v) is 0.714. The van der Waals surface area contributed by atoms with Crippen molar-refractivity contribution in [3.8, 4) is 0 Å². The standard InChI is InChI=1S/C6H6F3N3.ClH/c7-6(8,9)5-4(11)3(10)1-2-12-5;/h1-2H,11H2,(H2,10,12);1H. The molecule has 1 heterocycles. The van der Waals surface area contributed by atoms with Gasteiger partial charge in [0.2, 0.25) is 0 Å². The molecule has 0 fully saturated rings. The van der Waals surface area contributed by atoms with E-state index in [4.69, 9.17) is 11.5 Å². The zero-order valence-corrected chi connectivity index (χ0v) is 7.12. The Morgan fingerprint density at radius 1 is 1.23 bits per heavy atom. The molecule has 0 aromatic carbocycles. The van der Waals surface area contributed by atoms with Gasteiger partial charge in [-0.15, -0.1) is 12.4 Å². The minimum atomic E-state index is -4.54. The van der Waals surface area contributed by atoms with E-state index in [1.807, 2.05) is 0 Å². The zero-order chi connectivity index (χ0) is 9.35. The van der Waals surface area contributed by atoms with E-state index < -0.39 is 17.6 Å². The maximum absolute atomic E-state index is 12.0. The largest absolute Gasteiger partial charge is 0.435 e. The van der Waals surface area contributed by atoms with Crippen molar-refractivity contribution in [1.82, 2.24) is 4.98 Å². The number of hydrogen-bond acceptors (Lipinski definition) is 3. The number of pyridine rings is 1. The van der Waals surface area contributed by atoms with Crippen LogP contribution in [0.3, 0.4) is 0 Å². The Labute approximate surface area is 78.3 Å². The number of halogens is 4. The van der Waals surface area contributed by atoms with Crippen molar-refractivity contribution in [3.05, 3.63) is 18.0 Å². The Morgan fingerprint density at radius 3 is 2.15 bits per heavy atom. The number of aromatic nitrogens is 1. The van der Waals surface area contributed by atoms with E-state index in [0.717, 1.165) is 6.20 Å². The lowest BCUT2D eigenvalue weighted by Gasteiger charge is -2.09. The van der Waals surface area contributed by atoms with Crippen LogP contribution in [0.2, 0.25) is 0 Å². The topological polar surface area (TPSA) is 64.9 Å². The molecule has 0 aliphatic heterocycles. The molecule has 0 aliphatic rings. The van der Waals surface area contributed by atoms with Gasteiger partial charge in [0.05, 0.1) is 11.4 Å². The number of nitrogens with two attached hydrogens (primary N) is 2. The third-order valence-corrected chi connectivity index (χ3v) is 1.29. The second kappa shape index (κ2) is 3.69. The summed E-state index contributed by atoms with van der Waals surface area (Å²) in [4.78, 5) is 3.08. The first-order chi connectivity index (χ1) is 5.43. The Hall–Kier alpha value is -1.17. The van der Waals surface area contributed by atoms with Crippen LogP contribution < -0.4 is 11.5 Å². The van der Waals surface area contributed by atoms with E-state index in [2.05, 4.69) is 4.98 Å². The van der Waals surface area contributed by atoms with E-state index in [1.165, 1.54) is 6.07 Å². The average Bonchev–Trinajstić information content (AvgIpc) is 1.92. The summed E-state index contributed by atoms with van der Waals surface area (Å²) in [6.07, 6.45) is -3.58. The zero-order valence-electron chi connectivity index (χ0n) is 6.30. The van der Waals surface area contributed by atoms with Crippen LogP contribution >= 0.6 is 12.4 Å². The van der Waals surface area contributed by atoms with Crippen molar-refractivity contribution in [1.29, 1.82) is 0 Å². The van der Waals surface area contributed by atoms with Crippen LogP contribution in [0.15, 0.2) is 12.3 Å². The van der Waals surface area contributed by atoms with Gasteiger partial charge in [0.25, 0.3) is 0 Å².